The van der Waals surface area contributed by atoms with E-state index < -0.39 is 11.5 Å². The third-order valence-electron chi connectivity index (χ3n) is 3.16. The molecule has 0 atom stereocenters. The van der Waals surface area contributed by atoms with E-state index in [9.17, 15) is 14.7 Å². The van der Waals surface area contributed by atoms with Crippen LogP contribution in [0.15, 0.2) is 34.2 Å². The van der Waals surface area contributed by atoms with Crippen molar-refractivity contribution >= 4 is 17.7 Å². The number of aromatic nitrogens is 2. The zero-order valence-corrected chi connectivity index (χ0v) is 13.3. The SMILES string of the molecule is COc1ccc(Cc2c(O)nc(SC)n(C(C)=O)c2=O)cc1. The van der Waals surface area contributed by atoms with E-state index in [1.54, 1.807) is 37.6 Å². The molecular weight excluding hydrogens is 304 g/mol. The van der Waals surface area contributed by atoms with Gasteiger partial charge in [-0.3, -0.25) is 9.59 Å². The largest absolute Gasteiger partial charge is 0.497 e. The Labute approximate surface area is 131 Å². The van der Waals surface area contributed by atoms with Crippen LogP contribution < -0.4 is 10.3 Å². The predicted octanol–water partition coefficient (Wildman–Crippen LogP) is 1.93. The molecule has 0 aliphatic carbocycles. The second-order valence-electron chi connectivity index (χ2n) is 4.59. The molecular formula is C15H16N2O4S. The second kappa shape index (κ2) is 6.65. The van der Waals surface area contributed by atoms with Crippen molar-refractivity contribution < 1.29 is 14.6 Å². The minimum absolute atomic E-state index is 0.0955. The van der Waals surface area contributed by atoms with Crippen LogP contribution in [-0.4, -0.2) is 33.9 Å². The molecule has 1 N–H and O–H groups in total. The number of carbonyl (C=O) groups is 1. The van der Waals surface area contributed by atoms with E-state index in [0.29, 0.717) is 5.75 Å². The van der Waals surface area contributed by atoms with Crippen molar-refractivity contribution in [1.29, 1.82) is 0 Å². The molecule has 0 spiro atoms. The Morgan fingerprint density at radius 3 is 2.50 bits per heavy atom. The monoisotopic (exact) mass is 320 g/mol. The summed E-state index contributed by atoms with van der Waals surface area (Å²) in [5.74, 6) is -0.0783. The summed E-state index contributed by atoms with van der Waals surface area (Å²) in [4.78, 5) is 28.0. The Bertz CT molecular complexity index is 753. The molecule has 0 unspecified atom stereocenters. The fourth-order valence-electron chi connectivity index (χ4n) is 2.04. The van der Waals surface area contributed by atoms with Crippen molar-refractivity contribution in [1.82, 2.24) is 9.55 Å². The molecule has 0 aliphatic rings. The molecule has 116 valence electrons. The van der Waals surface area contributed by atoms with Crippen molar-refractivity contribution in [3.05, 3.63) is 45.7 Å². The Morgan fingerprint density at radius 2 is 2.00 bits per heavy atom. The van der Waals surface area contributed by atoms with Crippen LogP contribution in [0.4, 0.5) is 0 Å². The number of ether oxygens (including phenoxy) is 1. The summed E-state index contributed by atoms with van der Waals surface area (Å²) in [6, 6.07) is 7.11. The predicted molar refractivity (Wildman–Crippen MR) is 84.0 cm³/mol. The van der Waals surface area contributed by atoms with Crippen molar-refractivity contribution in [2.24, 2.45) is 0 Å². The molecule has 22 heavy (non-hydrogen) atoms. The van der Waals surface area contributed by atoms with Gasteiger partial charge >= 0.3 is 0 Å². The number of hydrogen-bond acceptors (Lipinski definition) is 6. The number of hydrogen-bond donors (Lipinski definition) is 1. The Balaban J connectivity index is 2.48. The number of rotatable bonds is 4. The van der Waals surface area contributed by atoms with Crippen molar-refractivity contribution in [2.45, 2.75) is 18.5 Å². The number of nitrogens with zero attached hydrogens (tertiary/aromatic N) is 2. The van der Waals surface area contributed by atoms with Crippen molar-refractivity contribution in [3.8, 4) is 11.6 Å². The molecule has 2 rings (SSSR count). The van der Waals surface area contributed by atoms with Gasteiger partial charge in [0.25, 0.3) is 5.56 Å². The molecule has 0 fully saturated rings. The highest BCUT2D eigenvalue weighted by Crippen LogP contribution is 2.20. The lowest BCUT2D eigenvalue weighted by Crippen LogP contribution is -2.30. The van der Waals surface area contributed by atoms with E-state index in [2.05, 4.69) is 4.98 Å². The number of aromatic hydroxyl groups is 1. The molecule has 0 aliphatic heterocycles. The summed E-state index contributed by atoms with van der Waals surface area (Å²) in [5, 5.41) is 10.2. The lowest BCUT2D eigenvalue weighted by atomic mass is 10.1. The summed E-state index contributed by atoms with van der Waals surface area (Å²) in [7, 11) is 1.57. The third-order valence-corrected chi connectivity index (χ3v) is 3.80. The highest BCUT2D eigenvalue weighted by molar-refractivity contribution is 7.98. The maximum atomic E-state index is 12.4. The van der Waals surface area contributed by atoms with E-state index in [1.165, 1.54) is 6.92 Å². The van der Waals surface area contributed by atoms with Gasteiger partial charge in [-0.2, -0.15) is 4.98 Å². The van der Waals surface area contributed by atoms with Crippen molar-refractivity contribution in [2.75, 3.05) is 13.4 Å². The van der Waals surface area contributed by atoms with Gasteiger partial charge in [-0.25, -0.2) is 4.57 Å². The average Bonchev–Trinajstić information content (AvgIpc) is 2.50. The molecule has 1 heterocycles. The Morgan fingerprint density at radius 1 is 1.36 bits per heavy atom. The zero-order valence-electron chi connectivity index (χ0n) is 12.5. The number of carbonyl (C=O) groups excluding carboxylic acids is 1. The molecule has 0 saturated carbocycles. The fraction of sp³-hybridized carbons (Fsp3) is 0.267. The van der Waals surface area contributed by atoms with Crippen LogP contribution in [0, 0.1) is 0 Å². The van der Waals surface area contributed by atoms with Crippen LogP contribution in [0.25, 0.3) is 0 Å². The standard InChI is InChI=1S/C15H16N2O4S/c1-9(18)17-14(20)12(13(19)16-15(17)22-3)8-10-4-6-11(21-2)7-5-10/h4-7,19H,8H2,1-3H3. The normalized spacial score (nSPS) is 10.5. The minimum atomic E-state index is -0.542. The molecule has 1 aromatic carbocycles. The van der Waals surface area contributed by atoms with E-state index in [4.69, 9.17) is 4.74 Å². The summed E-state index contributed by atoms with van der Waals surface area (Å²) in [6.45, 7) is 1.29. The summed E-state index contributed by atoms with van der Waals surface area (Å²) in [5.41, 5.74) is 0.361. The lowest BCUT2D eigenvalue weighted by Gasteiger charge is -2.11. The van der Waals surface area contributed by atoms with Crippen LogP contribution in [0.1, 0.15) is 22.8 Å². The summed E-state index contributed by atoms with van der Waals surface area (Å²) in [6.07, 6.45) is 1.87. The smallest absolute Gasteiger partial charge is 0.268 e. The lowest BCUT2D eigenvalue weighted by molar-refractivity contribution is 0.0918. The number of benzene rings is 1. The third kappa shape index (κ3) is 3.14. The molecule has 6 nitrogen and oxygen atoms in total. The first-order chi connectivity index (χ1) is 10.5. The van der Waals surface area contributed by atoms with Crippen LogP contribution in [0.2, 0.25) is 0 Å². The second-order valence-corrected chi connectivity index (χ2v) is 5.36. The van der Waals surface area contributed by atoms with Gasteiger partial charge < -0.3 is 9.84 Å². The van der Waals surface area contributed by atoms with Crippen LogP contribution in [0.5, 0.6) is 11.6 Å². The maximum Gasteiger partial charge on any atom is 0.268 e. The maximum absolute atomic E-state index is 12.4. The van der Waals surface area contributed by atoms with Crippen molar-refractivity contribution in [3.63, 3.8) is 0 Å². The van der Waals surface area contributed by atoms with Crippen LogP contribution in [0.3, 0.4) is 0 Å². The van der Waals surface area contributed by atoms with E-state index >= 15 is 0 Å². The van der Waals surface area contributed by atoms with E-state index in [-0.39, 0.29) is 23.0 Å². The van der Waals surface area contributed by atoms with Crippen LogP contribution >= 0.6 is 11.8 Å². The minimum Gasteiger partial charge on any atom is -0.497 e. The number of methoxy groups -OCH3 is 1. The van der Waals surface area contributed by atoms with E-state index in [1.807, 2.05) is 0 Å². The molecule has 7 heteroatoms. The quantitative estimate of drug-likeness (QED) is 0.685. The summed E-state index contributed by atoms with van der Waals surface area (Å²) < 4.78 is 6.05. The first-order valence-electron chi connectivity index (χ1n) is 6.50. The van der Waals surface area contributed by atoms with Crippen LogP contribution in [-0.2, 0) is 6.42 Å². The first kappa shape index (κ1) is 16.1. The number of thioether (sulfide) groups is 1. The molecule has 2 aromatic rings. The first-order valence-corrected chi connectivity index (χ1v) is 7.73. The zero-order chi connectivity index (χ0) is 16.3. The molecule has 0 bridgehead atoms. The van der Waals surface area contributed by atoms with Gasteiger partial charge in [0.2, 0.25) is 11.8 Å². The van der Waals surface area contributed by atoms with Gasteiger partial charge in [-0.05, 0) is 24.0 Å². The highest BCUT2D eigenvalue weighted by Gasteiger charge is 2.18. The van der Waals surface area contributed by atoms with Gasteiger partial charge in [-0.1, -0.05) is 23.9 Å². The summed E-state index contributed by atoms with van der Waals surface area (Å²) >= 11 is 1.13. The van der Waals surface area contributed by atoms with E-state index in [0.717, 1.165) is 21.9 Å². The fourth-order valence-corrected chi connectivity index (χ4v) is 2.61. The van der Waals surface area contributed by atoms with Gasteiger partial charge in [0.05, 0.1) is 12.7 Å². The molecule has 0 amide bonds. The molecule has 1 aromatic heterocycles. The molecule has 0 saturated heterocycles. The van der Waals surface area contributed by atoms with Gasteiger partial charge in [0.15, 0.2) is 5.16 Å². The average molecular weight is 320 g/mol. The highest BCUT2D eigenvalue weighted by atomic mass is 32.2. The Hall–Kier alpha value is -2.28. The molecule has 0 radical (unpaired) electrons. The van der Waals surface area contributed by atoms with Gasteiger partial charge in [0.1, 0.15) is 5.75 Å². The van der Waals surface area contributed by atoms with Gasteiger partial charge in [-0.15, -0.1) is 0 Å². The Kier molecular flexibility index (Phi) is 4.87. The van der Waals surface area contributed by atoms with Gasteiger partial charge in [0, 0.05) is 13.3 Å². The topological polar surface area (TPSA) is 81.4 Å².